The molecule has 0 saturated heterocycles. The van der Waals surface area contributed by atoms with Gasteiger partial charge in [-0.1, -0.05) is 129 Å². The molecule has 2 nitrogen and oxygen atoms in total. The summed E-state index contributed by atoms with van der Waals surface area (Å²) in [5.41, 5.74) is 12.5. The van der Waals surface area contributed by atoms with Gasteiger partial charge < -0.3 is 9.13 Å². The molecule has 0 saturated carbocycles. The average Bonchev–Trinajstić information content (AvgIpc) is 3.84. The van der Waals surface area contributed by atoms with Crippen LogP contribution in [-0.4, -0.2) is 9.13 Å². The van der Waals surface area contributed by atoms with E-state index in [2.05, 4.69) is 205 Å². The first-order valence-corrected chi connectivity index (χ1v) is 20.0. The zero-order valence-corrected chi connectivity index (χ0v) is 31.7. The van der Waals surface area contributed by atoms with Gasteiger partial charge >= 0.3 is 0 Å². The number of rotatable bonds is 2. The Morgan fingerprint density at radius 2 is 0.842 bits per heavy atom. The summed E-state index contributed by atoms with van der Waals surface area (Å²) in [4.78, 5) is 0. The zero-order valence-electron chi connectivity index (χ0n) is 31.7. The Bertz CT molecular complexity index is 3710. The number of benzene rings is 10. The largest absolute Gasteiger partial charge is 0.309 e. The molecule has 0 amide bonds. The molecule has 2 heterocycles. The second kappa shape index (κ2) is 11.0. The molecule has 0 atom stereocenters. The van der Waals surface area contributed by atoms with Crippen LogP contribution in [0.25, 0.3) is 109 Å². The highest BCUT2D eigenvalue weighted by Crippen LogP contribution is 2.53. The van der Waals surface area contributed by atoms with Crippen LogP contribution in [0.15, 0.2) is 182 Å². The summed E-state index contributed by atoms with van der Waals surface area (Å²) < 4.78 is 4.90. The van der Waals surface area contributed by atoms with Crippen molar-refractivity contribution >= 4 is 86.7 Å². The van der Waals surface area contributed by atoms with Crippen molar-refractivity contribution in [3.63, 3.8) is 0 Å². The Morgan fingerprint density at radius 3 is 1.60 bits per heavy atom. The van der Waals surface area contributed by atoms with E-state index in [1.54, 1.807) is 0 Å². The quantitative estimate of drug-likeness (QED) is 0.157. The number of hydrogen-bond acceptors (Lipinski definition) is 0. The highest BCUT2D eigenvalue weighted by Gasteiger charge is 2.37. The van der Waals surface area contributed by atoms with Crippen LogP contribution in [-0.2, 0) is 5.41 Å². The third-order valence-corrected chi connectivity index (χ3v) is 13.2. The first-order valence-electron chi connectivity index (χ1n) is 20.0. The van der Waals surface area contributed by atoms with Gasteiger partial charge in [0.15, 0.2) is 0 Å². The lowest BCUT2D eigenvalue weighted by Gasteiger charge is -2.23. The lowest BCUT2D eigenvalue weighted by Crippen LogP contribution is -2.15. The van der Waals surface area contributed by atoms with Crippen molar-refractivity contribution in [2.45, 2.75) is 19.3 Å². The van der Waals surface area contributed by atoms with Crippen LogP contribution >= 0.6 is 0 Å². The van der Waals surface area contributed by atoms with Crippen molar-refractivity contribution in [1.82, 2.24) is 9.13 Å². The van der Waals surface area contributed by atoms with Crippen molar-refractivity contribution < 1.29 is 0 Å². The van der Waals surface area contributed by atoms with Gasteiger partial charge in [-0.2, -0.15) is 0 Å². The highest BCUT2D eigenvalue weighted by molar-refractivity contribution is 6.32. The maximum atomic E-state index is 2.52. The van der Waals surface area contributed by atoms with E-state index in [-0.39, 0.29) is 5.41 Å². The van der Waals surface area contributed by atoms with E-state index < -0.39 is 0 Å². The minimum absolute atomic E-state index is 0.194. The summed E-state index contributed by atoms with van der Waals surface area (Å²) >= 11 is 0. The molecule has 0 N–H and O–H groups in total. The van der Waals surface area contributed by atoms with Gasteiger partial charge in [-0.15, -0.1) is 0 Å². The molecule has 10 aromatic carbocycles. The highest BCUT2D eigenvalue weighted by atomic mass is 15.0. The second-order valence-corrected chi connectivity index (χ2v) is 16.5. The lowest BCUT2D eigenvalue weighted by atomic mass is 9.81. The molecule has 13 rings (SSSR count). The van der Waals surface area contributed by atoms with Gasteiger partial charge in [-0.25, -0.2) is 0 Å². The van der Waals surface area contributed by atoms with Crippen LogP contribution in [0.5, 0.6) is 0 Å². The van der Waals surface area contributed by atoms with E-state index in [0.717, 1.165) is 0 Å². The molecule has 1 aliphatic carbocycles. The predicted molar refractivity (Wildman–Crippen MR) is 243 cm³/mol. The lowest BCUT2D eigenvalue weighted by molar-refractivity contribution is 0.662. The first-order chi connectivity index (χ1) is 28.0. The summed E-state index contributed by atoms with van der Waals surface area (Å²) in [6.07, 6.45) is 0. The van der Waals surface area contributed by atoms with Crippen molar-refractivity contribution in [2.75, 3.05) is 0 Å². The van der Waals surface area contributed by atoms with Crippen molar-refractivity contribution in [3.05, 3.63) is 193 Å². The van der Waals surface area contributed by atoms with E-state index in [4.69, 9.17) is 0 Å². The first kappa shape index (κ1) is 31.1. The van der Waals surface area contributed by atoms with Crippen molar-refractivity contribution in [2.24, 2.45) is 0 Å². The summed E-state index contributed by atoms with van der Waals surface area (Å²) in [6.45, 7) is 4.84. The van der Waals surface area contributed by atoms with E-state index in [1.165, 1.54) is 120 Å². The minimum atomic E-state index is -0.194. The zero-order chi connectivity index (χ0) is 37.6. The molecule has 2 aromatic heterocycles. The summed E-state index contributed by atoms with van der Waals surface area (Å²) in [7, 11) is 0. The fraction of sp³-hybridized carbons (Fsp3) is 0.0545. The topological polar surface area (TPSA) is 9.86 Å². The van der Waals surface area contributed by atoms with Gasteiger partial charge in [-0.3, -0.25) is 0 Å². The number of aromatic nitrogens is 2. The van der Waals surface area contributed by atoms with E-state index in [9.17, 15) is 0 Å². The third kappa shape index (κ3) is 4.04. The molecular weight excluding hydrogens is 689 g/mol. The Balaban J connectivity index is 1.09. The summed E-state index contributed by atoms with van der Waals surface area (Å²) in [5, 5.41) is 15.6. The molecule has 1 aliphatic rings. The van der Waals surface area contributed by atoms with Crippen LogP contribution in [0.4, 0.5) is 0 Å². The summed E-state index contributed by atoms with van der Waals surface area (Å²) in [5.74, 6) is 0. The Hall–Kier alpha value is -7.16. The molecule has 0 radical (unpaired) electrons. The SMILES string of the molecule is CC1(C)c2cc3c4ccccc4c4c5ccccc5ccc4c3cc2-c2cc3c4ccccc4n(-c4ccc5c(c4)c4ccccc4n5-c4ccccc4)c3cc21. The van der Waals surface area contributed by atoms with Gasteiger partial charge in [0.05, 0.1) is 22.1 Å². The molecule has 0 spiro atoms. The maximum absolute atomic E-state index is 2.52. The van der Waals surface area contributed by atoms with E-state index >= 15 is 0 Å². The molecule has 0 aliphatic heterocycles. The molecule has 57 heavy (non-hydrogen) atoms. The molecular formula is C55H36N2. The van der Waals surface area contributed by atoms with Gasteiger partial charge in [0.1, 0.15) is 0 Å². The molecule has 0 unspecified atom stereocenters. The van der Waals surface area contributed by atoms with Crippen LogP contribution in [0, 0.1) is 0 Å². The van der Waals surface area contributed by atoms with Crippen LogP contribution in [0.2, 0.25) is 0 Å². The molecule has 266 valence electrons. The van der Waals surface area contributed by atoms with E-state index in [0.29, 0.717) is 0 Å². The smallest absolute Gasteiger partial charge is 0.0544 e. The predicted octanol–water partition coefficient (Wildman–Crippen LogP) is 14.8. The van der Waals surface area contributed by atoms with E-state index in [1.807, 2.05) is 0 Å². The fourth-order valence-corrected chi connectivity index (χ4v) is 10.6. The monoisotopic (exact) mass is 724 g/mol. The number of fused-ring (bicyclic) bond motifs is 17. The van der Waals surface area contributed by atoms with Crippen LogP contribution in [0.3, 0.4) is 0 Å². The average molecular weight is 725 g/mol. The standard InChI is InChI=1S/C55H36N2/c1-55(2)48-31-43-37-18-8-9-21-40(37)54-36-17-7-6-14-33(36)24-26-41(54)42(43)29-44(48)45-30-47-39-20-11-13-23-51(39)57(53(47)32-49(45)55)35-25-27-52-46(28-35)38-19-10-12-22-50(38)56(52)34-15-4-3-5-16-34/h3-32H,1-2H3. The Kier molecular flexibility index (Phi) is 6.00. The van der Waals surface area contributed by atoms with Crippen LogP contribution < -0.4 is 0 Å². The third-order valence-electron chi connectivity index (χ3n) is 13.2. The van der Waals surface area contributed by atoms with Crippen molar-refractivity contribution in [1.29, 1.82) is 0 Å². The number of para-hydroxylation sites is 3. The van der Waals surface area contributed by atoms with Crippen LogP contribution in [0.1, 0.15) is 25.0 Å². The molecule has 12 aromatic rings. The van der Waals surface area contributed by atoms with Crippen molar-refractivity contribution in [3.8, 4) is 22.5 Å². The maximum Gasteiger partial charge on any atom is 0.0544 e. The number of nitrogens with zero attached hydrogens (tertiary/aromatic N) is 2. The fourth-order valence-electron chi connectivity index (χ4n) is 10.6. The number of hydrogen-bond donors (Lipinski definition) is 0. The van der Waals surface area contributed by atoms with Gasteiger partial charge in [0.2, 0.25) is 0 Å². The molecule has 0 bridgehead atoms. The summed E-state index contributed by atoms with van der Waals surface area (Å²) in [6, 6.07) is 68.0. The van der Waals surface area contributed by atoms with Gasteiger partial charge in [-0.05, 0) is 132 Å². The minimum Gasteiger partial charge on any atom is -0.309 e. The normalized spacial score (nSPS) is 13.6. The Morgan fingerprint density at radius 1 is 0.316 bits per heavy atom. The van der Waals surface area contributed by atoms with Gasteiger partial charge in [0.25, 0.3) is 0 Å². The molecule has 0 fully saturated rings. The van der Waals surface area contributed by atoms with Gasteiger partial charge in [0, 0.05) is 38.3 Å². The second-order valence-electron chi connectivity index (χ2n) is 16.5. The Labute approximate surface area is 329 Å². The molecule has 2 heteroatoms.